The molecule has 42 heavy (non-hydrogen) atoms. The number of aliphatic hydroxyl groups excluding tert-OH is 2. The van der Waals surface area contributed by atoms with Gasteiger partial charge >= 0.3 is 12.2 Å². The van der Waals surface area contributed by atoms with E-state index in [0.29, 0.717) is 25.7 Å². The Labute approximate surface area is 266 Å². The number of ether oxygens (including phenoxy) is 2. The van der Waals surface area contributed by atoms with Gasteiger partial charge in [0.25, 0.3) is 0 Å². The van der Waals surface area contributed by atoms with E-state index in [-0.39, 0.29) is 0 Å². The molecule has 4 atom stereocenters. The molecule has 2 aromatic rings. The zero-order valence-corrected chi connectivity index (χ0v) is 28.9. The molecule has 2 aliphatic carbocycles. The van der Waals surface area contributed by atoms with Crippen LogP contribution in [-0.2, 0) is 35.2 Å². The summed E-state index contributed by atoms with van der Waals surface area (Å²) in [6, 6.07) is 11.9. The van der Waals surface area contributed by atoms with Crippen molar-refractivity contribution in [1.82, 2.24) is 10.6 Å². The Kier molecular flexibility index (Phi) is 10.5. The van der Waals surface area contributed by atoms with Crippen LogP contribution in [0.4, 0.5) is 9.59 Å². The summed E-state index contributed by atoms with van der Waals surface area (Å²) in [7, 11) is 0. The molecule has 0 heterocycles. The monoisotopic (exact) mass is 710 g/mol. The molecule has 8 nitrogen and oxygen atoms in total. The maximum Gasteiger partial charge on any atom is 0.408 e. The number of halogens is 2. The van der Waals surface area contributed by atoms with Gasteiger partial charge in [-0.3, -0.25) is 0 Å². The fraction of sp³-hybridized carbons (Fsp3) is 0.562. The minimum Gasteiger partial charge on any atom is -0.444 e. The van der Waals surface area contributed by atoms with Crippen molar-refractivity contribution in [3.8, 4) is 0 Å². The van der Waals surface area contributed by atoms with Gasteiger partial charge in [0.15, 0.2) is 0 Å². The largest absolute Gasteiger partial charge is 0.444 e. The smallest absolute Gasteiger partial charge is 0.408 e. The molecule has 2 unspecified atom stereocenters. The van der Waals surface area contributed by atoms with E-state index in [0.717, 1.165) is 31.2 Å². The molecule has 4 rings (SSSR count). The topological polar surface area (TPSA) is 117 Å². The number of amides is 2. The molecule has 232 valence electrons. The first-order valence-corrected chi connectivity index (χ1v) is 15.8. The minimum absolute atomic E-state index is 0.493. The number of hydrogen-bond donors (Lipinski definition) is 4. The highest BCUT2D eigenvalue weighted by Gasteiger charge is 2.45. The Hall–Kier alpha value is -2.14. The Morgan fingerprint density at radius 2 is 1.05 bits per heavy atom. The maximum absolute atomic E-state index is 12.1. The molecular formula is C32H44Br2N2O6. The summed E-state index contributed by atoms with van der Waals surface area (Å²) in [4.78, 5) is 24.2. The number of nitrogens with one attached hydrogen (secondary N) is 2. The zero-order valence-electron chi connectivity index (χ0n) is 25.7. The highest BCUT2D eigenvalue weighted by molar-refractivity contribution is 9.10. The number of rotatable bonds is 4. The lowest BCUT2D eigenvalue weighted by atomic mass is 9.90. The van der Waals surface area contributed by atoms with E-state index in [1.54, 1.807) is 13.8 Å². The van der Waals surface area contributed by atoms with Gasteiger partial charge in [0.2, 0.25) is 0 Å². The highest BCUT2D eigenvalue weighted by Crippen LogP contribution is 2.38. The second-order valence-corrected chi connectivity index (χ2v) is 15.1. The average Bonchev–Trinajstić information content (AvgIpc) is 3.38. The second-order valence-electron chi connectivity index (χ2n) is 13.4. The van der Waals surface area contributed by atoms with Crippen LogP contribution in [0.1, 0.15) is 77.6 Å². The van der Waals surface area contributed by atoms with E-state index >= 15 is 0 Å². The van der Waals surface area contributed by atoms with Gasteiger partial charge in [-0.05, 0) is 115 Å². The summed E-state index contributed by atoms with van der Waals surface area (Å²) in [5.74, 6) is 0. The predicted molar refractivity (Wildman–Crippen MR) is 171 cm³/mol. The van der Waals surface area contributed by atoms with Crippen molar-refractivity contribution in [2.45, 2.75) is 116 Å². The highest BCUT2D eigenvalue weighted by atomic mass is 79.9. The number of aliphatic hydroxyl groups is 2. The standard InChI is InChI=1S/2C16H22BrNO3/c2*1-10(19)16(18-14(20)21-15(2,3)4)8-11-6-5-7-13(17)12(11)9-16/h2*5-7,10,19H,8-9H2,1-4H3,(H,18,20)/t2*10?,16-/m10/s1. The lowest BCUT2D eigenvalue weighted by Crippen LogP contribution is -2.57. The Morgan fingerprint density at radius 3 is 1.31 bits per heavy atom. The van der Waals surface area contributed by atoms with Gasteiger partial charge < -0.3 is 30.3 Å². The van der Waals surface area contributed by atoms with Crippen LogP contribution >= 0.6 is 31.9 Å². The second kappa shape index (κ2) is 12.8. The number of carbonyl (C=O) groups is 2. The molecule has 0 aliphatic heterocycles. The summed E-state index contributed by atoms with van der Waals surface area (Å²) in [6.07, 6.45) is 0.0203. The van der Waals surface area contributed by atoms with Gasteiger partial charge in [0.1, 0.15) is 11.2 Å². The van der Waals surface area contributed by atoms with Crippen LogP contribution < -0.4 is 10.6 Å². The summed E-state index contributed by atoms with van der Waals surface area (Å²) in [5, 5.41) is 26.2. The third kappa shape index (κ3) is 8.49. The summed E-state index contributed by atoms with van der Waals surface area (Å²) < 4.78 is 12.7. The van der Waals surface area contributed by atoms with Crippen LogP contribution in [0.2, 0.25) is 0 Å². The van der Waals surface area contributed by atoms with Gasteiger partial charge in [-0.2, -0.15) is 0 Å². The Balaban J connectivity index is 0.000000230. The summed E-state index contributed by atoms with van der Waals surface area (Å²) in [6.45, 7) is 14.3. The fourth-order valence-corrected chi connectivity index (χ4v) is 6.45. The molecule has 0 saturated carbocycles. The van der Waals surface area contributed by atoms with Gasteiger partial charge in [-0.1, -0.05) is 56.1 Å². The van der Waals surface area contributed by atoms with Crippen LogP contribution in [0.5, 0.6) is 0 Å². The molecule has 2 aliphatic rings. The summed E-state index contributed by atoms with van der Waals surface area (Å²) in [5.41, 5.74) is 2.00. The van der Waals surface area contributed by atoms with Crippen LogP contribution in [0.25, 0.3) is 0 Å². The molecule has 0 saturated heterocycles. The first-order valence-electron chi connectivity index (χ1n) is 14.2. The van der Waals surface area contributed by atoms with Crippen molar-refractivity contribution < 1.29 is 29.3 Å². The van der Waals surface area contributed by atoms with Crippen molar-refractivity contribution in [2.75, 3.05) is 0 Å². The van der Waals surface area contributed by atoms with E-state index in [1.165, 1.54) is 0 Å². The molecular weight excluding hydrogens is 668 g/mol. The number of hydrogen-bond acceptors (Lipinski definition) is 6. The number of fused-ring (bicyclic) bond motifs is 2. The Bertz CT molecular complexity index is 1200. The van der Waals surface area contributed by atoms with Gasteiger partial charge in [-0.15, -0.1) is 0 Å². The predicted octanol–water partition coefficient (Wildman–Crippen LogP) is 6.38. The van der Waals surface area contributed by atoms with Crippen molar-refractivity contribution in [2.24, 2.45) is 0 Å². The molecule has 0 fully saturated rings. The van der Waals surface area contributed by atoms with Crippen molar-refractivity contribution in [3.05, 3.63) is 67.6 Å². The van der Waals surface area contributed by atoms with E-state index in [2.05, 4.69) is 42.5 Å². The van der Waals surface area contributed by atoms with Crippen LogP contribution in [0, 0.1) is 0 Å². The van der Waals surface area contributed by atoms with Crippen LogP contribution in [0.3, 0.4) is 0 Å². The first kappa shape index (κ1) is 34.4. The molecule has 2 aromatic carbocycles. The molecule has 0 aromatic heterocycles. The maximum atomic E-state index is 12.1. The summed E-state index contributed by atoms with van der Waals surface area (Å²) >= 11 is 7.08. The average molecular weight is 713 g/mol. The van der Waals surface area contributed by atoms with Crippen LogP contribution in [-0.4, -0.2) is 56.9 Å². The molecule has 0 radical (unpaired) electrons. The molecule has 2 amide bonds. The third-order valence-electron chi connectivity index (χ3n) is 7.53. The fourth-order valence-electron chi connectivity index (χ4n) is 5.36. The number of carbonyl (C=O) groups excluding carboxylic acids is 2. The van der Waals surface area contributed by atoms with Gasteiger partial charge in [0, 0.05) is 8.95 Å². The first-order chi connectivity index (χ1) is 19.3. The van der Waals surface area contributed by atoms with Gasteiger partial charge in [0.05, 0.1) is 23.3 Å². The SMILES string of the molecule is CC(O)[C@@]1(NC(=O)OC(C)(C)C)Cc2cccc(Br)c2C1.CC(O)[C@]1(NC(=O)OC(C)(C)C)Cc2cccc(Br)c2C1. The van der Waals surface area contributed by atoms with Crippen molar-refractivity contribution in [3.63, 3.8) is 0 Å². The minimum atomic E-state index is -0.714. The Morgan fingerprint density at radius 1 is 0.714 bits per heavy atom. The van der Waals surface area contributed by atoms with Crippen molar-refractivity contribution >= 4 is 44.0 Å². The van der Waals surface area contributed by atoms with E-state index < -0.39 is 46.7 Å². The van der Waals surface area contributed by atoms with E-state index in [1.807, 2.05) is 77.9 Å². The zero-order chi connectivity index (χ0) is 31.7. The molecule has 10 heteroatoms. The van der Waals surface area contributed by atoms with Crippen LogP contribution in [0.15, 0.2) is 45.3 Å². The quantitative estimate of drug-likeness (QED) is 0.293. The third-order valence-corrected chi connectivity index (χ3v) is 9.01. The lowest BCUT2D eigenvalue weighted by molar-refractivity contribution is 0.0269. The van der Waals surface area contributed by atoms with E-state index in [4.69, 9.17) is 9.47 Å². The number of benzene rings is 2. The van der Waals surface area contributed by atoms with Gasteiger partial charge in [-0.25, -0.2) is 9.59 Å². The molecule has 0 bridgehead atoms. The van der Waals surface area contributed by atoms with Crippen molar-refractivity contribution in [1.29, 1.82) is 0 Å². The number of alkyl carbamates (subject to hydrolysis) is 2. The van der Waals surface area contributed by atoms with E-state index in [9.17, 15) is 19.8 Å². The molecule has 4 N–H and O–H groups in total. The lowest BCUT2D eigenvalue weighted by Gasteiger charge is -2.34. The normalized spacial score (nSPS) is 22.6. The molecule has 0 spiro atoms.